The highest BCUT2D eigenvalue weighted by atomic mass is 19.1. The monoisotopic (exact) mass is 530 g/mol. The Morgan fingerprint density at radius 1 is 0.744 bits per heavy atom. The molecule has 1 heterocycles. The number of rotatable bonds is 8. The summed E-state index contributed by atoms with van der Waals surface area (Å²) in [5.74, 6) is -2.12. The number of hydrogen-bond acceptors (Lipinski definition) is 4. The second kappa shape index (κ2) is 11.1. The fourth-order valence-corrected chi connectivity index (χ4v) is 3.88. The van der Waals surface area contributed by atoms with Crippen LogP contribution in [-0.4, -0.2) is 11.8 Å². The van der Waals surface area contributed by atoms with Crippen molar-refractivity contribution in [1.29, 1.82) is 0 Å². The highest BCUT2D eigenvalue weighted by Crippen LogP contribution is 2.30. The highest BCUT2D eigenvalue weighted by Gasteiger charge is 2.34. The van der Waals surface area contributed by atoms with Gasteiger partial charge in [0.05, 0.1) is 5.69 Å². The summed E-state index contributed by atoms with van der Waals surface area (Å²) in [6.07, 6.45) is 1.35. The molecule has 2 amide bonds. The molecule has 0 aliphatic carbocycles. The van der Waals surface area contributed by atoms with Crippen molar-refractivity contribution < 1.29 is 32.2 Å². The zero-order valence-corrected chi connectivity index (χ0v) is 20.4. The maximum atomic E-state index is 14.2. The Bertz CT molecular complexity index is 1570. The van der Waals surface area contributed by atoms with Crippen molar-refractivity contribution in [1.82, 2.24) is 5.43 Å². The summed E-state index contributed by atoms with van der Waals surface area (Å²) in [7, 11) is 0. The Balaban J connectivity index is 1.44. The molecule has 0 radical (unpaired) electrons. The number of nitrogens with one attached hydrogen (secondary N) is 1. The highest BCUT2D eigenvalue weighted by molar-refractivity contribution is 6.31. The molecule has 0 spiro atoms. The Hall–Kier alpha value is -5.05. The average Bonchev–Trinajstić information content (AvgIpc) is 3.22. The van der Waals surface area contributed by atoms with E-state index >= 15 is 0 Å². The van der Waals surface area contributed by atoms with Gasteiger partial charge in [-0.25, -0.2) is 18.2 Å². The standard InChI is InChI=1S/C30H21F3N2O4/c31-22-10-12-23(13-11-22)35-30(37)25(29(36)34-35)15-19-9-14-24(38-17-20-5-1-3-7-26(20)32)16-28(19)39-18-21-6-2-4-8-27(21)33/h1-16H,17-18H2,(H,34,36). The van der Waals surface area contributed by atoms with Gasteiger partial charge in [-0.1, -0.05) is 36.4 Å². The molecule has 0 bridgehead atoms. The van der Waals surface area contributed by atoms with Crippen LogP contribution in [0.4, 0.5) is 18.9 Å². The van der Waals surface area contributed by atoms with Gasteiger partial charge in [-0.3, -0.25) is 15.0 Å². The number of hydrazine groups is 1. The minimum atomic E-state index is -0.663. The number of ether oxygens (including phenoxy) is 2. The minimum absolute atomic E-state index is 0.0482. The molecule has 6 nitrogen and oxygen atoms in total. The molecule has 4 aromatic rings. The zero-order chi connectivity index (χ0) is 27.4. The molecule has 1 aliphatic heterocycles. The first kappa shape index (κ1) is 25.6. The summed E-state index contributed by atoms with van der Waals surface area (Å²) in [4.78, 5) is 25.7. The zero-order valence-electron chi connectivity index (χ0n) is 20.4. The second-order valence-corrected chi connectivity index (χ2v) is 8.58. The van der Waals surface area contributed by atoms with Crippen molar-refractivity contribution >= 4 is 23.6 Å². The van der Waals surface area contributed by atoms with Crippen LogP contribution in [0.25, 0.3) is 6.08 Å². The Labute approximate surface area is 221 Å². The van der Waals surface area contributed by atoms with Crippen LogP contribution in [-0.2, 0) is 22.8 Å². The molecular formula is C30H21F3N2O4. The van der Waals surface area contributed by atoms with Crippen LogP contribution in [0.5, 0.6) is 11.5 Å². The van der Waals surface area contributed by atoms with Gasteiger partial charge >= 0.3 is 0 Å². The molecule has 9 heteroatoms. The third-order valence-corrected chi connectivity index (χ3v) is 5.95. The van der Waals surface area contributed by atoms with E-state index in [0.717, 1.165) is 5.01 Å². The van der Waals surface area contributed by atoms with Gasteiger partial charge in [0.15, 0.2) is 0 Å². The molecule has 0 atom stereocenters. The Morgan fingerprint density at radius 3 is 2.00 bits per heavy atom. The minimum Gasteiger partial charge on any atom is -0.489 e. The summed E-state index contributed by atoms with van der Waals surface area (Å²) in [6.45, 7) is -0.186. The van der Waals surface area contributed by atoms with Crippen LogP contribution in [0.3, 0.4) is 0 Å². The van der Waals surface area contributed by atoms with Gasteiger partial charge in [-0.05, 0) is 54.6 Å². The normalized spacial score (nSPS) is 14.0. The van der Waals surface area contributed by atoms with E-state index in [-0.39, 0.29) is 30.2 Å². The van der Waals surface area contributed by atoms with Crippen LogP contribution in [0, 0.1) is 17.5 Å². The van der Waals surface area contributed by atoms with Crippen LogP contribution in [0.15, 0.2) is 96.6 Å². The van der Waals surface area contributed by atoms with Crippen LogP contribution in [0.2, 0.25) is 0 Å². The lowest BCUT2D eigenvalue weighted by atomic mass is 10.1. The SMILES string of the molecule is O=C1NN(c2ccc(F)cc2)C(=O)C1=Cc1ccc(OCc2ccccc2F)cc1OCc1ccccc1F. The summed E-state index contributed by atoms with van der Waals surface area (Å²) in [6, 6.07) is 22.0. The van der Waals surface area contributed by atoms with Crippen LogP contribution in [0.1, 0.15) is 16.7 Å². The van der Waals surface area contributed by atoms with Crippen molar-refractivity contribution in [2.45, 2.75) is 13.2 Å². The fourth-order valence-electron chi connectivity index (χ4n) is 3.88. The van der Waals surface area contributed by atoms with Crippen molar-refractivity contribution in [2.24, 2.45) is 0 Å². The van der Waals surface area contributed by atoms with Gasteiger partial charge in [0.1, 0.15) is 47.7 Å². The van der Waals surface area contributed by atoms with Crippen LogP contribution < -0.4 is 19.9 Å². The molecule has 4 aromatic carbocycles. The molecule has 39 heavy (non-hydrogen) atoms. The van der Waals surface area contributed by atoms with E-state index in [1.54, 1.807) is 48.5 Å². The van der Waals surface area contributed by atoms with Gasteiger partial charge in [-0.15, -0.1) is 0 Å². The number of carbonyl (C=O) groups excluding carboxylic acids is 2. The molecule has 0 unspecified atom stereocenters. The molecule has 0 aromatic heterocycles. The largest absolute Gasteiger partial charge is 0.489 e. The maximum Gasteiger partial charge on any atom is 0.282 e. The number of nitrogens with zero attached hydrogens (tertiary/aromatic N) is 1. The van der Waals surface area contributed by atoms with Gasteiger partial charge < -0.3 is 9.47 Å². The van der Waals surface area contributed by atoms with E-state index in [4.69, 9.17) is 9.47 Å². The topological polar surface area (TPSA) is 67.9 Å². The van der Waals surface area contributed by atoms with Crippen molar-refractivity contribution in [3.63, 3.8) is 0 Å². The first-order valence-electron chi connectivity index (χ1n) is 11.9. The van der Waals surface area contributed by atoms with E-state index in [1.807, 2.05) is 0 Å². The Morgan fingerprint density at radius 2 is 1.36 bits per heavy atom. The second-order valence-electron chi connectivity index (χ2n) is 8.58. The molecular weight excluding hydrogens is 509 g/mol. The van der Waals surface area contributed by atoms with E-state index in [0.29, 0.717) is 22.4 Å². The van der Waals surface area contributed by atoms with Gasteiger partial charge in [0, 0.05) is 22.8 Å². The predicted octanol–water partition coefficient (Wildman–Crippen LogP) is 5.72. The predicted molar refractivity (Wildman–Crippen MR) is 138 cm³/mol. The van der Waals surface area contributed by atoms with Crippen LogP contribution >= 0.6 is 0 Å². The third-order valence-electron chi connectivity index (χ3n) is 5.95. The summed E-state index contributed by atoms with van der Waals surface area (Å²) in [5.41, 5.74) is 3.55. The maximum absolute atomic E-state index is 14.2. The van der Waals surface area contributed by atoms with Crippen molar-refractivity contribution in [3.05, 3.63) is 131 Å². The summed E-state index contributed by atoms with van der Waals surface area (Å²) >= 11 is 0. The molecule has 1 fully saturated rings. The lowest BCUT2D eigenvalue weighted by molar-refractivity contribution is -0.117. The summed E-state index contributed by atoms with van der Waals surface area (Å²) < 4.78 is 53.2. The first-order chi connectivity index (χ1) is 18.9. The average molecular weight is 531 g/mol. The van der Waals surface area contributed by atoms with Gasteiger partial charge in [0.25, 0.3) is 11.8 Å². The van der Waals surface area contributed by atoms with E-state index in [1.165, 1.54) is 48.5 Å². The number of hydrogen-bond donors (Lipinski definition) is 1. The lowest BCUT2D eigenvalue weighted by Gasteiger charge is -2.14. The summed E-state index contributed by atoms with van der Waals surface area (Å²) in [5, 5.41) is 1.01. The molecule has 0 saturated carbocycles. The number of amides is 2. The Kier molecular flexibility index (Phi) is 7.31. The first-order valence-corrected chi connectivity index (χ1v) is 11.9. The molecule has 1 saturated heterocycles. The molecule has 196 valence electrons. The lowest BCUT2D eigenvalue weighted by Crippen LogP contribution is -2.35. The molecule has 5 rings (SSSR count). The van der Waals surface area contributed by atoms with E-state index < -0.39 is 29.3 Å². The smallest absolute Gasteiger partial charge is 0.282 e. The molecule has 1 aliphatic rings. The number of anilines is 1. The number of carbonyl (C=O) groups is 2. The van der Waals surface area contributed by atoms with Crippen molar-refractivity contribution in [2.75, 3.05) is 5.01 Å². The number of halogens is 3. The van der Waals surface area contributed by atoms with E-state index in [2.05, 4.69) is 5.43 Å². The third kappa shape index (κ3) is 5.77. The van der Waals surface area contributed by atoms with E-state index in [9.17, 15) is 22.8 Å². The number of benzene rings is 4. The molecule has 1 N–H and O–H groups in total. The van der Waals surface area contributed by atoms with Gasteiger partial charge in [0.2, 0.25) is 0 Å². The van der Waals surface area contributed by atoms with Crippen molar-refractivity contribution in [3.8, 4) is 11.5 Å². The fraction of sp³-hybridized carbons (Fsp3) is 0.0667. The quantitative estimate of drug-likeness (QED) is 0.234. The van der Waals surface area contributed by atoms with Gasteiger partial charge in [-0.2, -0.15) is 0 Å².